The number of carbonyl (C=O) groups is 1. The van der Waals surface area contributed by atoms with Gasteiger partial charge in [0.2, 0.25) is 0 Å². The summed E-state index contributed by atoms with van der Waals surface area (Å²) in [4.78, 5) is 17.3. The van der Waals surface area contributed by atoms with Crippen molar-refractivity contribution < 1.29 is 22.8 Å². The second kappa shape index (κ2) is 9.92. The smallest absolute Gasteiger partial charge is 0.255 e. The van der Waals surface area contributed by atoms with Crippen molar-refractivity contribution in [2.75, 3.05) is 12.4 Å². The molecule has 2 heterocycles. The Hall–Kier alpha value is -4.27. The van der Waals surface area contributed by atoms with Crippen LogP contribution in [-0.2, 0) is 12.1 Å². The van der Waals surface area contributed by atoms with Crippen LogP contribution >= 0.6 is 0 Å². The standard InChI is InChI=1S/C26H24F2N4O3/c1-26(2,21-10-9-17(27)13-22(21)28)31-25(33)20-8-5-11-29-24(20)30-15-19-14-23(32-35-19)16-6-4-7-18(12-16)34-3/h4-14H,15H2,1-3H3,(H,29,30)(H,31,33). The molecule has 0 saturated carbocycles. The average molecular weight is 478 g/mol. The fourth-order valence-corrected chi connectivity index (χ4v) is 3.63. The lowest BCUT2D eigenvalue weighted by molar-refractivity contribution is 0.0911. The third-order valence-corrected chi connectivity index (χ3v) is 5.44. The zero-order valence-corrected chi connectivity index (χ0v) is 19.4. The molecule has 35 heavy (non-hydrogen) atoms. The lowest BCUT2D eigenvalue weighted by atomic mass is 9.93. The summed E-state index contributed by atoms with van der Waals surface area (Å²) in [5, 5.41) is 9.98. The Kier molecular flexibility index (Phi) is 6.77. The lowest BCUT2D eigenvalue weighted by Crippen LogP contribution is -2.42. The zero-order valence-electron chi connectivity index (χ0n) is 19.4. The number of nitrogens with zero attached hydrogens (tertiary/aromatic N) is 2. The number of hydrogen-bond acceptors (Lipinski definition) is 6. The van der Waals surface area contributed by atoms with E-state index in [9.17, 15) is 13.6 Å². The minimum atomic E-state index is -1.10. The number of carbonyl (C=O) groups excluding carboxylic acids is 1. The van der Waals surface area contributed by atoms with E-state index in [1.165, 1.54) is 6.07 Å². The van der Waals surface area contributed by atoms with Gasteiger partial charge in [-0.3, -0.25) is 4.79 Å². The van der Waals surface area contributed by atoms with E-state index < -0.39 is 23.1 Å². The van der Waals surface area contributed by atoms with Gasteiger partial charge >= 0.3 is 0 Å². The van der Waals surface area contributed by atoms with Crippen molar-refractivity contribution in [3.8, 4) is 17.0 Å². The minimum Gasteiger partial charge on any atom is -0.497 e. The van der Waals surface area contributed by atoms with Gasteiger partial charge < -0.3 is 19.9 Å². The van der Waals surface area contributed by atoms with Crippen molar-refractivity contribution in [2.45, 2.75) is 25.9 Å². The number of nitrogens with one attached hydrogen (secondary N) is 2. The monoisotopic (exact) mass is 478 g/mol. The summed E-state index contributed by atoms with van der Waals surface area (Å²) in [5.74, 6) is -0.332. The lowest BCUT2D eigenvalue weighted by Gasteiger charge is -2.27. The van der Waals surface area contributed by atoms with Gasteiger partial charge in [-0.15, -0.1) is 0 Å². The van der Waals surface area contributed by atoms with Crippen LogP contribution in [0.15, 0.2) is 71.4 Å². The van der Waals surface area contributed by atoms with E-state index in [1.807, 2.05) is 24.3 Å². The fourth-order valence-electron chi connectivity index (χ4n) is 3.63. The first-order valence-electron chi connectivity index (χ1n) is 10.8. The van der Waals surface area contributed by atoms with E-state index in [4.69, 9.17) is 9.26 Å². The maximum absolute atomic E-state index is 14.3. The highest BCUT2D eigenvalue weighted by atomic mass is 19.1. The van der Waals surface area contributed by atoms with Crippen LogP contribution in [0.1, 0.15) is 35.5 Å². The average Bonchev–Trinajstić information content (AvgIpc) is 3.31. The Morgan fingerprint density at radius 1 is 1.09 bits per heavy atom. The number of hydrogen-bond donors (Lipinski definition) is 2. The third-order valence-electron chi connectivity index (χ3n) is 5.44. The van der Waals surface area contributed by atoms with Crippen molar-refractivity contribution in [3.05, 3.63) is 95.4 Å². The molecule has 0 fully saturated rings. The Morgan fingerprint density at radius 2 is 1.91 bits per heavy atom. The van der Waals surface area contributed by atoms with E-state index >= 15 is 0 Å². The molecule has 0 saturated heterocycles. The zero-order chi connectivity index (χ0) is 25.0. The second-order valence-electron chi connectivity index (χ2n) is 8.37. The van der Waals surface area contributed by atoms with Gasteiger partial charge in [0.25, 0.3) is 5.91 Å². The van der Waals surface area contributed by atoms with Crippen molar-refractivity contribution in [1.82, 2.24) is 15.5 Å². The van der Waals surface area contributed by atoms with Gasteiger partial charge in [0.1, 0.15) is 28.9 Å². The normalized spacial score (nSPS) is 11.2. The minimum absolute atomic E-state index is 0.164. The highest BCUT2D eigenvalue weighted by Crippen LogP contribution is 2.26. The van der Waals surface area contributed by atoms with Crippen LogP contribution < -0.4 is 15.4 Å². The van der Waals surface area contributed by atoms with Crippen LogP contribution in [0, 0.1) is 11.6 Å². The van der Waals surface area contributed by atoms with Crippen LogP contribution in [0.4, 0.5) is 14.6 Å². The molecule has 0 unspecified atom stereocenters. The molecule has 4 rings (SSSR count). The van der Waals surface area contributed by atoms with Crippen molar-refractivity contribution >= 4 is 11.7 Å². The van der Waals surface area contributed by atoms with Gasteiger partial charge in [0.15, 0.2) is 5.76 Å². The van der Waals surface area contributed by atoms with Crippen LogP contribution in [0.25, 0.3) is 11.3 Å². The number of benzene rings is 2. The number of ether oxygens (including phenoxy) is 1. The molecule has 2 aromatic heterocycles. The molecule has 2 N–H and O–H groups in total. The molecule has 2 aromatic carbocycles. The van der Waals surface area contributed by atoms with Gasteiger partial charge in [-0.1, -0.05) is 23.4 Å². The summed E-state index contributed by atoms with van der Waals surface area (Å²) in [6.07, 6.45) is 1.55. The Balaban J connectivity index is 1.48. The van der Waals surface area contributed by atoms with Crippen LogP contribution in [-0.4, -0.2) is 23.2 Å². The molecule has 1 amide bonds. The number of amides is 1. The summed E-state index contributed by atoms with van der Waals surface area (Å²) < 4.78 is 38.3. The van der Waals surface area contributed by atoms with Gasteiger partial charge in [-0.05, 0) is 44.2 Å². The fraction of sp³-hybridized carbons (Fsp3) is 0.192. The first-order valence-corrected chi connectivity index (χ1v) is 10.8. The number of methoxy groups -OCH3 is 1. The highest BCUT2D eigenvalue weighted by Gasteiger charge is 2.28. The van der Waals surface area contributed by atoms with Gasteiger partial charge in [-0.25, -0.2) is 13.8 Å². The van der Waals surface area contributed by atoms with E-state index in [0.29, 0.717) is 23.0 Å². The largest absolute Gasteiger partial charge is 0.497 e. The summed E-state index contributed by atoms with van der Waals surface area (Å²) in [6, 6.07) is 15.7. The molecule has 4 aromatic rings. The maximum atomic E-state index is 14.3. The van der Waals surface area contributed by atoms with Crippen LogP contribution in [0.2, 0.25) is 0 Å². The van der Waals surface area contributed by atoms with E-state index in [-0.39, 0.29) is 17.7 Å². The number of anilines is 1. The van der Waals surface area contributed by atoms with E-state index in [0.717, 1.165) is 17.7 Å². The van der Waals surface area contributed by atoms with E-state index in [1.54, 1.807) is 45.4 Å². The maximum Gasteiger partial charge on any atom is 0.255 e. The first kappa shape index (κ1) is 23.9. The Bertz CT molecular complexity index is 1350. The Labute approximate surface area is 201 Å². The first-order chi connectivity index (χ1) is 16.8. The molecule has 9 heteroatoms. The Morgan fingerprint density at radius 3 is 2.69 bits per heavy atom. The topological polar surface area (TPSA) is 89.3 Å². The molecule has 7 nitrogen and oxygen atoms in total. The number of aromatic nitrogens is 2. The van der Waals surface area contributed by atoms with Gasteiger partial charge in [0, 0.05) is 29.5 Å². The molecular weight excluding hydrogens is 454 g/mol. The summed E-state index contributed by atoms with van der Waals surface area (Å²) in [7, 11) is 1.59. The highest BCUT2D eigenvalue weighted by molar-refractivity contribution is 5.99. The van der Waals surface area contributed by atoms with Crippen LogP contribution in [0.5, 0.6) is 5.75 Å². The predicted molar refractivity (Wildman–Crippen MR) is 127 cm³/mol. The SMILES string of the molecule is COc1cccc(-c2cc(CNc3ncccc3C(=O)NC(C)(C)c3ccc(F)cc3F)on2)c1. The number of halogens is 2. The summed E-state index contributed by atoms with van der Waals surface area (Å²) >= 11 is 0. The molecule has 0 atom stereocenters. The second-order valence-corrected chi connectivity index (χ2v) is 8.37. The van der Waals surface area contributed by atoms with Gasteiger partial charge in [0.05, 0.1) is 24.8 Å². The molecule has 0 spiro atoms. The number of rotatable bonds is 8. The van der Waals surface area contributed by atoms with Crippen molar-refractivity contribution in [3.63, 3.8) is 0 Å². The van der Waals surface area contributed by atoms with Crippen molar-refractivity contribution in [1.29, 1.82) is 0 Å². The van der Waals surface area contributed by atoms with Crippen LogP contribution in [0.3, 0.4) is 0 Å². The van der Waals surface area contributed by atoms with E-state index in [2.05, 4.69) is 20.8 Å². The molecule has 0 bridgehead atoms. The molecule has 0 radical (unpaired) electrons. The third kappa shape index (κ3) is 5.46. The molecule has 0 aliphatic carbocycles. The van der Waals surface area contributed by atoms with Crippen molar-refractivity contribution in [2.24, 2.45) is 0 Å². The summed E-state index contributed by atoms with van der Waals surface area (Å²) in [5.41, 5.74) is 0.807. The summed E-state index contributed by atoms with van der Waals surface area (Å²) in [6.45, 7) is 3.50. The molecule has 180 valence electrons. The molecule has 0 aliphatic heterocycles. The predicted octanol–water partition coefficient (Wildman–Crippen LogP) is 5.30. The van der Waals surface area contributed by atoms with Gasteiger partial charge in [-0.2, -0.15) is 0 Å². The molecule has 0 aliphatic rings. The molecular formula is C26H24F2N4O3. The quantitative estimate of drug-likeness (QED) is 0.357. The number of pyridine rings is 1.